The number of carboxylic acid groups (broad SMARTS) is 1. The third kappa shape index (κ3) is 3.02. The second-order valence-electron chi connectivity index (χ2n) is 3.02. The molecule has 0 fully saturated rings. The van der Waals surface area contributed by atoms with Gasteiger partial charge in [-0.1, -0.05) is 0 Å². The minimum Gasteiger partial charge on any atom is -0.479 e. The normalized spacial score (nSPS) is 12.1. The zero-order valence-corrected chi connectivity index (χ0v) is 8.85. The lowest BCUT2D eigenvalue weighted by atomic mass is 10.3. The molecule has 1 heterocycles. The van der Waals surface area contributed by atoms with Gasteiger partial charge in [0.15, 0.2) is 6.10 Å². The van der Waals surface area contributed by atoms with Crippen LogP contribution in [0.1, 0.15) is 16.4 Å². The number of amides is 1. The minimum atomic E-state index is -1.14. The Kier molecular flexibility index (Phi) is 3.95. The summed E-state index contributed by atoms with van der Waals surface area (Å²) in [5.41, 5.74) is 0. The first-order valence-electron chi connectivity index (χ1n) is 4.47. The molecule has 1 unspecified atom stereocenters. The van der Waals surface area contributed by atoms with Crippen molar-refractivity contribution in [1.29, 1.82) is 0 Å². The molecule has 1 aromatic heterocycles. The number of carbonyl (C=O) groups is 2. The summed E-state index contributed by atoms with van der Waals surface area (Å²) in [7, 11) is 1.25. The molecule has 0 bridgehead atoms. The van der Waals surface area contributed by atoms with E-state index in [4.69, 9.17) is 5.11 Å². The largest absolute Gasteiger partial charge is 0.479 e. The van der Waals surface area contributed by atoms with Gasteiger partial charge in [-0.15, -0.1) is 5.10 Å². The van der Waals surface area contributed by atoms with E-state index in [0.717, 1.165) is 0 Å². The number of aryl methyl sites for hydroxylation is 1. The van der Waals surface area contributed by atoms with Crippen LogP contribution in [0.2, 0.25) is 0 Å². The Morgan fingerprint density at radius 3 is 2.75 bits per heavy atom. The number of nitrogens with one attached hydrogen (secondary N) is 2. The second kappa shape index (κ2) is 5.21. The molecule has 16 heavy (non-hydrogen) atoms. The van der Waals surface area contributed by atoms with Gasteiger partial charge in [0.25, 0.3) is 5.91 Å². The van der Waals surface area contributed by atoms with Crippen LogP contribution in [-0.4, -0.2) is 51.9 Å². The monoisotopic (exact) mass is 228 g/mol. The summed E-state index contributed by atoms with van der Waals surface area (Å²) >= 11 is 0. The quantitative estimate of drug-likeness (QED) is 0.591. The summed E-state index contributed by atoms with van der Waals surface area (Å²) in [5, 5.41) is 17.1. The number of methoxy groups -OCH3 is 1. The van der Waals surface area contributed by atoms with E-state index in [1.807, 2.05) is 0 Å². The molecule has 0 radical (unpaired) electrons. The Morgan fingerprint density at radius 1 is 1.62 bits per heavy atom. The standard InChI is InChI=1S/C8H12N4O4/c1-4-10-6(12-11-4)7(13)9-3-5(16-2)8(14)15/h5H,3H2,1-2H3,(H,9,13)(H,14,15)(H,10,11,12). The zero-order valence-electron chi connectivity index (χ0n) is 8.85. The topological polar surface area (TPSA) is 117 Å². The fraction of sp³-hybridized carbons (Fsp3) is 0.500. The highest BCUT2D eigenvalue weighted by Crippen LogP contribution is 1.92. The van der Waals surface area contributed by atoms with Crippen molar-refractivity contribution in [2.45, 2.75) is 13.0 Å². The third-order valence-electron chi connectivity index (χ3n) is 1.81. The van der Waals surface area contributed by atoms with Crippen LogP contribution in [0.15, 0.2) is 0 Å². The lowest BCUT2D eigenvalue weighted by molar-refractivity contribution is -0.148. The second-order valence-corrected chi connectivity index (χ2v) is 3.02. The number of carbonyl (C=O) groups excluding carboxylic acids is 1. The van der Waals surface area contributed by atoms with Crippen LogP contribution >= 0.6 is 0 Å². The van der Waals surface area contributed by atoms with Crippen molar-refractivity contribution in [2.75, 3.05) is 13.7 Å². The third-order valence-corrected chi connectivity index (χ3v) is 1.81. The molecule has 3 N–H and O–H groups in total. The van der Waals surface area contributed by atoms with Gasteiger partial charge in [-0.05, 0) is 6.92 Å². The number of aromatic nitrogens is 3. The summed E-state index contributed by atoms with van der Waals surface area (Å²) in [4.78, 5) is 25.8. The number of rotatable bonds is 5. The molecule has 0 aromatic carbocycles. The predicted octanol–water partition coefficient (Wildman–Crippen LogP) is -1.06. The fourth-order valence-electron chi connectivity index (χ4n) is 0.980. The number of hydrogen-bond acceptors (Lipinski definition) is 5. The minimum absolute atomic E-state index is 0.0299. The molecule has 1 rings (SSSR count). The number of carboxylic acids is 1. The van der Waals surface area contributed by atoms with E-state index in [0.29, 0.717) is 5.82 Å². The smallest absolute Gasteiger partial charge is 0.334 e. The predicted molar refractivity (Wildman–Crippen MR) is 51.9 cm³/mol. The highest BCUT2D eigenvalue weighted by Gasteiger charge is 2.19. The lowest BCUT2D eigenvalue weighted by Gasteiger charge is -2.10. The molecule has 0 aliphatic rings. The van der Waals surface area contributed by atoms with E-state index >= 15 is 0 Å². The van der Waals surface area contributed by atoms with E-state index in [1.54, 1.807) is 6.92 Å². The number of hydrogen-bond donors (Lipinski definition) is 3. The number of aromatic amines is 1. The molecule has 0 aliphatic heterocycles. The molecule has 0 spiro atoms. The van der Waals surface area contributed by atoms with Crippen molar-refractivity contribution in [2.24, 2.45) is 0 Å². The molecule has 0 saturated heterocycles. The van der Waals surface area contributed by atoms with Gasteiger partial charge in [0, 0.05) is 7.11 Å². The number of aliphatic carboxylic acids is 1. The highest BCUT2D eigenvalue weighted by molar-refractivity contribution is 5.90. The van der Waals surface area contributed by atoms with E-state index < -0.39 is 18.0 Å². The fourth-order valence-corrected chi connectivity index (χ4v) is 0.980. The van der Waals surface area contributed by atoms with Crippen LogP contribution in [0.5, 0.6) is 0 Å². The molecule has 1 atom stereocenters. The van der Waals surface area contributed by atoms with Gasteiger partial charge < -0.3 is 15.2 Å². The summed E-state index contributed by atoms with van der Waals surface area (Å²) in [5.74, 6) is -1.22. The first-order chi connectivity index (χ1) is 7.54. The number of H-pyrrole nitrogens is 1. The summed E-state index contributed by atoms with van der Waals surface area (Å²) < 4.78 is 4.64. The highest BCUT2D eigenvalue weighted by atomic mass is 16.5. The van der Waals surface area contributed by atoms with E-state index in [1.165, 1.54) is 7.11 Å². The molecule has 88 valence electrons. The van der Waals surface area contributed by atoms with Gasteiger partial charge in [0.2, 0.25) is 5.82 Å². The van der Waals surface area contributed by atoms with Gasteiger partial charge in [0.05, 0.1) is 6.54 Å². The first-order valence-corrected chi connectivity index (χ1v) is 4.47. The average Bonchev–Trinajstić information content (AvgIpc) is 2.65. The van der Waals surface area contributed by atoms with Crippen LogP contribution in [-0.2, 0) is 9.53 Å². The number of ether oxygens (including phenoxy) is 1. The van der Waals surface area contributed by atoms with Gasteiger partial charge in [-0.25, -0.2) is 9.78 Å². The van der Waals surface area contributed by atoms with Crippen LogP contribution in [0.4, 0.5) is 0 Å². The van der Waals surface area contributed by atoms with E-state index in [-0.39, 0.29) is 12.4 Å². The van der Waals surface area contributed by atoms with Gasteiger partial charge in [0.1, 0.15) is 5.82 Å². The maximum atomic E-state index is 11.4. The Bertz CT molecular complexity index is 389. The van der Waals surface area contributed by atoms with Crippen molar-refractivity contribution in [3.05, 3.63) is 11.6 Å². The molecule has 0 saturated carbocycles. The van der Waals surface area contributed by atoms with Crippen molar-refractivity contribution in [1.82, 2.24) is 20.5 Å². The van der Waals surface area contributed by atoms with Crippen LogP contribution in [0, 0.1) is 6.92 Å². The van der Waals surface area contributed by atoms with Crippen molar-refractivity contribution >= 4 is 11.9 Å². The summed E-state index contributed by atoms with van der Waals surface area (Å²) in [6, 6.07) is 0. The SMILES string of the molecule is COC(CNC(=O)c1n[nH]c(C)n1)C(=O)O. The molecule has 0 aliphatic carbocycles. The molecule has 8 heteroatoms. The Morgan fingerprint density at radius 2 is 2.31 bits per heavy atom. The molecule has 1 aromatic rings. The maximum absolute atomic E-state index is 11.4. The van der Waals surface area contributed by atoms with Crippen LogP contribution < -0.4 is 5.32 Å². The van der Waals surface area contributed by atoms with Crippen molar-refractivity contribution in [3.63, 3.8) is 0 Å². The van der Waals surface area contributed by atoms with Crippen molar-refractivity contribution in [3.8, 4) is 0 Å². The summed E-state index contributed by atoms with van der Waals surface area (Å²) in [6.45, 7) is 1.51. The van der Waals surface area contributed by atoms with Gasteiger partial charge in [-0.2, -0.15) is 0 Å². The van der Waals surface area contributed by atoms with E-state index in [2.05, 4.69) is 25.2 Å². The lowest BCUT2D eigenvalue weighted by Crippen LogP contribution is -2.38. The maximum Gasteiger partial charge on any atom is 0.334 e. The average molecular weight is 228 g/mol. The molecule has 1 amide bonds. The number of nitrogens with zero attached hydrogens (tertiary/aromatic N) is 2. The van der Waals surface area contributed by atoms with Crippen molar-refractivity contribution < 1.29 is 19.4 Å². The van der Waals surface area contributed by atoms with Gasteiger partial charge in [-0.3, -0.25) is 9.89 Å². The summed E-state index contributed by atoms with van der Waals surface area (Å²) in [6.07, 6.45) is -1.08. The first kappa shape index (κ1) is 12.1. The molecule has 8 nitrogen and oxygen atoms in total. The Hall–Kier alpha value is -1.96. The van der Waals surface area contributed by atoms with Crippen LogP contribution in [0.3, 0.4) is 0 Å². The Balaban J connectivity index is 2.49. The molecular formula is C8H12N4O4. The van der Waals surface area contributed by atoms with Gasteiger partial charge >= 0.3 is 5.97 Å². The zero-order chi connectivity index (χ0) is 12.1. The Labute approximate surface area is 91.0 Å². The molecular weight excluding hydrogens is 216 g/mol. The van der Waals surface area contributed by atoms with E-state index in [9.17, 15) is 9.59 Å². The van der Waals surface area contributed by atoms with Crippen LogP contribution in [0.25, 0.3) is 0 Å².